The van der Waals surface area contributed by atoms with Crippen molar-refractivity contribution in [2.45, 2.75) is 182 Å². The highest BCUT2D eigenvalue weighted by Gasteiger charge is 2.23. The number of ether oxygens (including phenoxy) is 10. The molecule has 0 unspecified atom stereocenters. The zero-order chi connectivity index (χ0) is 106. The minimum atomic E-state index is -1.55. The predicted octanol–water partition coefficient (Wildman–Crippen LogP) is 18.3. The molecule has 0 bridgehead atoms. The van der Waals surface area contributed by atoms with E-state index in [-0.39, 0.29) is 43.1 Å². The lowest BCUT2D eigenvalue weighted by molar-refractivity contribution is -0.130. The molecule has 0 aromatic heterocycles. The zero-order valence-corrected chi connectivity index (χ0v) is 81.7. The van der Waals surface area contributed by atoms with E-state index in [2.05, 4.69) is 133 Å². The van der Waals surface area contributed by atoms with Crippen LogP contribution in [-0.2, 0) is 154 Å². The fourth-order valence-electron chi connectivity index (χ4n) is 8.19. The van der Waals surface area contributed by atoms with Crippen molar-refractivity contribution in [2.24, 2.45) is 0 Å². The molecule has 9 aromatic rings. The summed E-state index contributed by atoms with van der Waals surface area (Å²) in [5, 5.41) is 9.77. The highest BCUT2D eigenvalue weighted by Crippen LogP contribution is 2.24. The molecule has 9 rings (SSSR count). The van der Waals surface area contributed by atoms with Crippen LogP contribution in [0.1, 0.15) is 164 Å². The maximum absolute atomic E-state index is 13.0. The van der Waals surface area contributed by atoms with Crippen molar-refractivity contribution in [1.82, 2.24) is 21.3 Å². The molecular weight excluding hydrogens is 1810 g/mol. The first kappa shape index (κ1) is 138. The van der Waals surface area contributed by atoms with Crippen molar-refractivity contribution >= 4 is 90.4 Å². The molecule has 35 heteroatoms. The van der Waals surface area contributed by atoms with Crippen LogP contribution in [0.3, 0.4) is 0 Å². The second-order valence-electron chi connectivity index (χ2n) is 26.7. The van der Waals surface area contributed by atoms with E-state index in [0.29, 0.717) is 122 Å². The number of amides is 4. The topological polar surface area (TPSA) is 379 Å². The van der Waals surface area contributed by atoms with Gasteiger partial charge in [0.25, 0.3) is 64.7 Å². The van der Waals surface area contributed by atoms with Crippen molar-refractivity contribution < 1.29 is 145 Å². The maximum atomic E-state index is 13.0. The Kier molecular flexibility index (Phi) is 108. The number of benzene rings is 9. The molecule has 0 spiro atoms. The van der Waals surface area contributed by atoms with E-state index in [9.17, 15) is 88.3 Å². The number of carbonyl (C=O) groups excluding carboxylic acids is 14. The third-order valence-corrected chi connectivity index (χ3v) is 15.3. The quantitative estimate of drug-likeness (QED) is 0.00918. The summed E-state index contributed by atoms with van der Waals surface area (Å²) in [6.07, 6.45) is 8.93. The highest BCUT2D eigenvalue weighted by atomic mass is 19.2. The van der Waals surface area contributed by atoms with Gasteiger partial charge in [0.2, 0.25) is 25.6 Å². The highest BCUT2D eigenvalue weighted by molar-refractivity contribution is 5.47. The lowest BCUT2D eigenvalue weighted by Gasteiger charge is -2.08. The molecule has 0 aliphatic rings. The van der Waals surface area contributed by atoms with E-state index >= 15 is 0 Å². The molecule has 0 radical (unpaired) electrons. The third-order valence-electron chi connectivity index (χ3n) is 15.3. The smallest absolute Gasteiger partial charge is 0.293 e. The fourth-order valence-corrected chi connectivity index (χ4v) is 8.19. The summed E-state index contributed by atoms with van der Waals surface area (Å²) in [6, 6.07) is 61.2. The molecule has 0 saturated heterocycles. The van der Waals surface area contributed by atoms with Gasteiger partial charge in [-0.1, -0.05) is 244 Å². The molecule has 4 amide bonds. The lowest BCUT2D eigenvalue weighted by Crippen LogP contribution is -2.11. The maximum Gasteiger partial charge on any atom is 0.293 e. The Morgan fingerprint density at radius 3 is 1.00 bits per heavy atom. The monoisotopic (exact) mass is 1950 g/mol. The molecule has 138 heavy (non-hydrogen) atoms. The van der Waals surface area contributed by atoms with Gasteiger partial charge in [0.05, 0.1) is 32.5 Å². The van der Waals surface area contributed by atoms with Crippen LogP contribution in [0.25, 0.3) is 0 Å². The van der Waals surface area contributed by atoms with E-state index in [1.165, 1.54) is 47.9 Å². The summed E-state index contributed by atoms with van der Waals surface area (Å²) in [7, 11) is 2.88. The van der Waals surface area contributed by atoms with Gasteiger partial charge in [-0.3, -0.25) is 67.1 Å². The van der Waals surface area contributed by atoms with Gasteiger partial charge < -0.3 is 68.6 Å². The minimum absolute atomic E-state index is 0.0372. The zero-order valence-electron chi connectivity index (χ0n) is 81.7. The van der Waals surface area contributed by atoms with Crippen molar-refractivity contribution in [2.75, 3.05) is 53.6 Å². The van der Waals surface area contributed by atoms with Crippen molar-refractivity contribution in [3.05, 3.63) is 318 Å². The van der Waals surface area contributed by atoms with Crippen LogP contribution in [0.15, 0.2) is 194 Å². The fraction of sp³-hybridized carbons (Fsp3) is 0.340. The summed E-state index contributed by atoms with van der Waals surface area (Å²) in [6.45, 7) is 35.7. The van der Waals surface area contributed by atoms with E-state index in [1.807, 2.05) is 176 Å². The van der Waals surface area contributed by atoms with Gasteiger partial charge in [-0.05, 0) is 159 Å². The van der Waals surface area contributed by atoms with Crippen molar-refractivity contribution in [1.29, 1.82) is 0 Å². The van der Waals surface area contributed by atoms with E-state index in [1.54, 1.807) is 33.0 Å². The number of carbonyl (C=O) groups is 14. The Hall–Kier alpha value is -14.9. The van der Waals surface area contributed by atoms with E-state index in [0.717, 1.165) is 106 Å². The van der Waals surface area contributed by atoms with E-state index < -0.39 is 52.6 Å². The Bertz CT molecular complexity index is 4340. The Morgan fingerprint density at radius 1 is 0.283 bits per heavy atom. The molecule has 0 fully saturated rings. The van der Waals surface area contributed by atoms with Crippen LogP contribution >= 0.6 is 0 Å². The number of hydrogen-bond acceptors (Lipinski definition) is 24. The Labute approximate surface area is 807 Å². The van der Waals surface area contributed by atoms with Gasteiger partial charge in [0.1, 0.15) is 57.1 Å². The molecule has 9 aromatic carbocycles. The van der Waals surface area contributed by atoms with Crippen LogP contribution in [0.2, 0.25) is 0 Å². The summed E-state index contributed by atoms with van der Waals surface area (Å²) in [5.74, 6) is -7.42. The molecular formula is C103H137F7N4O24. The van der Waals surface area contributed by atoms with Gasteiger partial charge in [0, 0.05) is 37.8 Å². The number of nitrogens with one attached hydrogen (secondary N) is 4. The lowest BCUT2D eigenvalue weighted by atomic mass is 10.1. The molecule has 0 heterocycles. The van der Waals surface area contributed by atoms with Gasteiger partial charge >= 0.3 is 0 Å². The Balaban J connectivity index is -0.000000220. The average molecular weight is 1950 g/mol. The van der Waals surface area contributed by atoms with Crippen molar-refractivity contribution in [3.8, 4) is 0 Å². The molecule has 0 atom stereocenters. The molecule has 0 aliphatic carbocycles. The van der Waals surface area contributed by atoms with Gasteiger partial charge in [0.15, 0.2) is 23.3 Å². The molecule has 4 N–H and O–H groups in total. The van der Waals surface area contributed by atoms with Gasteiger partial charge in [-0.2, -0.15) is 0 Å². The van der Waals surface area contributed by atoms with Crippen LogP contribution in [0.5, 0.6) is 0 Å². The second-order valence-corrected chi connectivity index (χ2v) is 26.7. The first-order chi connectivity index (χ1) is 66.4. The van der Waals surface area contributed by atoms with Crippen LogP contribution in [-0.4, -0.2) is 144 Å². The minimum Gasteiger partial charge on any atom is -0.471 e. The first-order valence-electron chi connectivity index (χ1n) is 42.7. The molecule has 762 valence electrons. The van der Waals surface area contributed by atoms with E-state index in [4.69, 9.17) is 9.59 Å². The molecule has 28 nitrogen and oxygen atoms in total. The Morgan fingerprint density at radius 2 is 0.659 bits per heavy atom. The third kappa shape index (κ3) is 92.9. The first-order valence-corrected chi connectivity index (χ1v) is 42.7. The van der Waals surface area contributed by atoms with Crippen LogP contribution < -0.4 is 21.3 Å². The number of unbranched alkanes of at least 4 members (excludes halogenated alkanes) is 2. The van der Waals surface area contributed by atoms with Crippen LogP contribution in [0, 0.1) is 103 Å². The number of rotatable bonds is 38. The normalized spacial score (nSPS) is 8.64. The summed E-state index contributed by atoms with van der Waals surface area (Å²) < 4.78 is 134. The SMILES string of the molecule is CCCCNC=O.CCCCOC=O.CCCNC=O.CCCOC=O.CCNC=O.CCOC=O.CNC=O.COC=O.Cc1c(F)c(F)c(COC=O)c(F)c1F.Cc1cc(F)c(COC=O)cc1F.Cc1ccc(COC=O)cc1.Cc1ccc(COC=O)cc1F.Cc1cccc(COC=O)c1.Cc1ccccc1.Cc1ccccc1.Cc1ccccc1.Cc1ccccc1COC=O. The summed E-state index contributed by atoms with van der Waals surface area (Å²) in [4.78, 5) is 133. The van der Waals surface area contributed by atoms with Crippen LogP contribution in [0.4, 0.5) is 30.7 Å². The standard InChI is InChI=1S/C9H6F4O2.C9H8F2O2.C9H9FO2.3C9H10O2.3C7H8.C5H11NO.C5H10O2.C4H9NO.C4H8O2.C3H7NO.C3H6O2.C2H5NO.C2H4O2/c1-4-6(10)8(12)5(2-15-3-14)9(13)7(4)11;1-6-2-9(11)7(3-8(6)10)4-13-5-12;1-7-2-3-8(4-9(7)10)5-12-6-11;1-8-2-4-9(5-3-8)6-11-7-10;1-8-3-2-4-9(5-8)6-11-7-10;1-8-4-2-3-5-9(8)6-11-7-10;3*1-7-5-3-2-4-6-7;1-2-3-4-6-5-7;1-2-3-4-7-5-6;1-2-3-5-4-6;1-2-3-6-4-5;1-2-4-3-5;1-2-5-3-4;1-3-2-4;1-4-2-3/h3H,2H2,1H3;2-3,5H,4H2,1H3;2-4,6H,5H2,1H3;3*2-5,7H,6H2,1H3;3*2-6H,1H3;5H,2-4H2,1H3,(H,6,7);5H,2-4H2,1H3;4H,2-3H2,1H3,(H,5,6);4H,2-3H2,1H3;3H,2H2,1H3,(H,4,5);3H,2H2,1H3;2H,1H3,(H,3,4);2H,1H3. The van der Waals surface area contributed by atoms with Gasteiger partial charge in [-0.15, -0.1) is 0 Å². The van der Waals surface area contributed by atoms with Gasteiger partial charge in [-0.25, -0.2) is 30.7 Å². The predicted molar refractivity (Wildman–Crippen MR) is 514 cm³/mol. The number of methoxy groups -OCH3 is 1. The average Bonchev–Trinajstić information content (AvgIpc) is 0.799. The largest absolute Gasteiger partial charge is 0.471 e. The number of aryl methyl sites for hydroxylation is 8. The van der Waals surface area contributed by atoms with Crippen molar-refractivity contribution in [3.63, 3.8) is 0 Å². The summed E-state index contributed by atoms with van der Waals surface area (Å²) in [5.41, 5.74) is 10.4. The number of halogens is 7. The molecule has 0 saturated carbocycles. The number of hydrogen-bond donors (Lipinski definition) is 4. The molecule has 0 aliphatic heterocycles. The summed E-state index contributed by atoms with van der Waals surface area (Å²) >= 11 is 0. The second kappa shape index (κ2) is 107.